The number of rotatable bonds is 4. The maximum Gasteiger partial charge on any atom is 0.329 e. The summed E-state index contributed by atoms with van der Waals surface area (Å²) in [5, 5.41) is 13.6. The molecule has 0 atom stereocenters. The average molecular weight is 287 g/mol. The summed E-state index contributed by atoms with van der Waals surface area (Å²) in [4.78, 5) is 17.8. The molecule has 1 aromatic carbocycles. The van der Waals surface area contributed by atoms with Gasteiger partial charge in [0.05, 0.1) is 11.5 Å². The first-order valence-corrected chi connectivity index (χ1v) is 6.39. The van der Waals surface area contributed by atoms with Crippen molar-refractivity contribution in [2.75, 3.05) is 17.7 Å². The Bertz CT molecular complexity index is 704. The minimum absolute atomic E-state index is 0.153. The van der Waals surface area contributed by atoms with Crippen LogP contribution in [0.2, 0.25) is 0 Å². The second-order valence-electron chi connectivity index (χ2n) is 4.62. The summed E-state index contributed by atoms with van der Waals surface area (Å²) < 4.78 is 5.44. The smallest absolute Gasteiger partial charge is 0.329 e. The summed E-state index contributed by atoms with van der Waals surface area (Å²) in [6.45, 7) is 1.22. The van der Waals surface area contributed by atoms with Crippen LogP contribution in [0.3, 0.4) is 0 Å². The van der Waals surface area contributed by atoms with Crippen molar-refractivity contribution < 1.29 is 9.66 Å². The highest BCUT2D eigenvalue weighted by Crippen LogP contribution is 2.26. The lowest BCUT2D eigenvalue weighted by Gasteiger charge is -2.07. The van der Waals surface area contributed by atoms with Crippen molar-refractivity contribution in [2.45, 2.75) is 13.0 Å². The van der Waals surface area contributed by atoms with Crippen molar-refractivity contribution in [1.82, 2.24) is 9.97 Å². The topological polar surface area (TPSA) is 116 Å². The van der Waals surface area contributed by atoms with E-state index in [4.69, 9.17) is 10.5 Å². The minimum Gasteiger partial charge on any atom is -0.493 e. The Balaban J connectivity index is 1.70. The van der Waals surface area contributed by atoms with E-state index in [9.17, 15) is 10.1 Å². The Morgan fingerprint density at radius 1 is 1.48 bits per heavy atom. The van der Waals surface area contributed by atoms with Gasteiger partial charge in [0.2, 0.25) is 11.8 Å². The molecule has 0 amide bonds. The molecule has 3 N–H and O–H groups in total. The molecule has 21 heavy (non-hydrogen) atoms. The second kappa shape index (κ2) is 5.23. The third kappa shape index (κ3) is 2.69. The summed E-state index contributed by atoms with van der Waals surface area (Å²) >= 11 is 0. The van der Waals surface area contributed by atoms with Crippen LogP contribution in [0.1, 0.15) is 11.1 Å². The maximum absolute atomic E-state index is 10.6. The SMILES string of the molecule is Nc1nc(NCc2ccc3c(c2)CCO3)ncc1[N+](=O)[O-]. The fourth-order valence-corrected chi connectivity index (χ4v) is 2.15. The van der Waals surface area contributed by atoms with Crippen molar-refractivity contribution in [2.24, 2.45) is 0 Å². The zero-order chi connectivity index (χ0) is 14.8. The first-order valence-electron chi connectivity index (χ1n) is 6.39. The summed E-state index contributed by atoms with van der Waals surface area (Å²) in [6.07, 6.45) is 2.01. The molecule has 0 radical (unpaired) electrons. The van der Waals surface area contributed by atoms with E-state index >= 15 is 0 Å². The molecule has 0 bridgehead atoms. The Morgan fingerprint density at radius 3 is 3.10 bits per heavy atom. The van der Waals surface area contributed by atoms with Gasteiger partial charge in [-0.3, -0.25) is 10.1 Å². The molecule has 2 aromatic rings. The van der Waals surface area contributed by atoms with E-state index in [1.807, 2.05) is 12.1 Å². The molecule has 0 spiro atoms. The molecule has 2 heterocycles. The van der Waals surface area contributed by atoms with Gasteiger partial charge >= 0.3 is 5.69 Å². The zero-order valence-corrected chi connectivity index (χ0v) is 11.1. The number of benzene rings is 1. The molecule has 1 aromatic heterocycles. The number of nitrogens with zero attached hydrogens (tertiary/aromatic N) is 3. The van der Waals surface area contributed by atoms with Gasteiger partial charge in [-0.2, -0.15) is 4.98 Å². The van der Waals surface area contributed by atoms with E-state index in [2.05, 4.69) is 21.4 Å². The number of ether oxygens (including phenoxy) is 1. The van der Waals surface area contributed by atoms with Crippen LogP contribution in [0, 0.1) is 10.1 Å². The van der Waals surface area contributed by atoms with Crippen molar-refractivity contribution in [3.63, 3.8) is 0 Å². The summed E-state index contributed by atoms with van der Waals surface area (Å²) in [5.41, 5.74) is 7.45. The predicted octanol–water partition coefficient (Wildman–Crippen LogP) is 1.51. The number of nitrogens with two attached hydrogens (primary N) is 1. The third-order valence-corrected chi connectivity index (χ3v) is 3.20. The van der Waals surface area contributed by atoms with Gasteiger partial charge in [0.1, 0.15) is 11.9 Å². The molecular weight excluding hydrogens is 274 g/mol. The Kier molecular flexibility index (Phi) is 3.27. The molecule has 1 aliphatic rings. The number of hydrogen-bond acceptors (Lipinski definition) is 7. The van der Waals surface area contributed by atoms with Gasteiger partial charge in [0, 0.05) is 13.0 Å². The van der Waals surface area contributed by atoms with Crippen LogP contribution in [0.4, 0.5) is 17.5 Å². The van der Waals surface area contributed by atoms with Gasteiger partial charge < -0.3 is 15.8 Å². The maximum atomic E-state index is 10.6. The molecule has 0 fully saturated rings. The molecule has 3 rings (SSSR count). The van der Waals surface area contributed by atoms with Gasteiger partial charge in [-0.05, 0) is 17.2 Å². The van der Waals surface area contributed by atoms with Crippen LogP contribution in [0.5, 0.6) is 5.75 Å². The number of nitro groups is 1. The van der Waals surface area contributed by atoms with E-state index in [-0.39, 0.29) is 17.5 Å². The summed E-state index contributed by atoms with van der Waals surface area (Å²) in [6, 6.07) is 5.94. The molecule has 0 aliphatic carbocycles. The normalized spacial score (nSPS) is 12.6. The van der Waals surface area contributed by atoms with Crippen LogP contribution >= 0.6 is 0 Å². The van der Waals surface area contributed by atoms with E-state index in [1.165, 1.54) is 5.56 Å². The van der Waals surface area contributed by atoms with E-state index in [0.29, 0.717) is 13.2 Å². The van der Waals surface area contributed by atoms with Crippen molar-refractivity contribution in [1.29, 1.82) is 0 Å². The summed E-state index contributed by atoms with van der Waals surface area (Å²) in [5.74, 6) is 1.03. The second-order valence-corrected chi connectivity index (χ2v) is 4.62. The number of nitrogen functional groups attached to an aromatic ring is 1. The molecule has 108 valence electrons. The van der Waals surface area contributed by atoms with Crippen molar-refractivity contribution in [3.05, 3.63) is 45.6 Å². The molecule has 8 heteroatoms. The molecule has 8 nitrogen and oxygen atoms in total. The van der Waals surface area contributed by atoms with Crippen molar-refractivity contribution >= 4 is 17.5 Å². The first-order chi connectivity index (χ1) is 10.1. The predicted molar refractivity (Wildman–Crippen MR) is 76.1 cm³/mol. The fourth-order valence-electron chi connectivity index (χ4n) is 2.15. The molecule has 0 saturated heterocycles. The Morgan fingerprint density at radius 2 is 2.33 bits per heavy atom. The number of anilines is 2. The van der Waals surface area contributed by atoms with Gasteiger partial charge in [0.25, 0.3) is 0 Å². The third-order valence-electron chi connectivity index (χ3n) is 3.20. The van der Waals surface area contributed by atoms with Crippen LogP contribution in [-0.4, -0.2) is 21.5 Å². The Labute approximate surface area is 120 Å². The van der Waals surface area contributed by atoms with Crippen LogP contribution in [0.15, 0.2) is 24.4 Å². The van der Waals surface area contributed by atoms with E-state index < -0.39 is 4.92 Å². The first kappa shape index (κ1) is 13.1. The number of aromatic nitrogens is 2. The largest absolute Gasteiger partial charge is 0.493 e. The highest BCUT2D eigenvalue weighted by Gasteiger charge is 2.15. The lowest BCUT2D eigenvalue weighted by molar-refractivity contribution is -0.384. The lowest BCUT2D eigenvalue weighted by atomic mass is 10.1. The lowest BCUT2D eigenvalue weighted by Crippen LogP contribution is -2.07. The number of hydrogen-bond donors (Lipinski definition) is 2. The standard InChI is InChI=1S/C13H13N5O3/c14-12-10(18(19)20)7-16-13(17-12)15-6-8-1-2-11-9(5-8)3-4-21-11/h1-2,5,7H,3-4,6H2,(H3,14,15,16,17). The zero-order valence-electron chi connectivity index (χ0n) is 11.1. The minimum atomic E-state index is -0.611. The van der Waals surface area contributed by atoms with Crippen LogP contribution < -0.4 is 15.8 Å². The molecule has 1 aliphatic heterocycles. The highest BCUT2D eigenvalue weighted by molar-refractivity contribution is 5.53. The van der Waals surface area contributed by atoms with Gasteiger partial charge in [-0.25, -0.2) is 4.98 Å². The molecule has 0 saturated carbocycles. The molecule has 0 unspecified atom stereocenters. The van der Waals surface area contributed by atoms with Crippen molar-refractivity contribution in [3.8, 4) is 5.75 Å². The monoisotopic (exact) mass is 287 g/mol. The van der Waals surface area contributed by atoms with Crippen LogP contribution in [-0.2, 0) is 13.0 Å². The highest BCUT2D eigenvalue weighted by atomic mass is 16.6. The summed E-state index contributed by atoms with van der Waals surface area (Å²) in [7, 11) is 0. The van der Waals surface area contributed by atoms with Gasteiger partial charge in [-0.1, -0.05) is 12.1 Å². The number of fused-ring (bicyclic) bond motifs is 1. The van der Waals surface area contributed by atoms with Gasteiger partial charge in [-0.15, -0.1) is 0 Å². The number of nitrogens with one attached hydrogen (secondary N) is 1. The van der Waals surface area contributed by atoms with Crippen LogP contribution in [0.25, 0.3) is 0 Å². The molecular formula is C13H13N5O3. The van der Waals surface area contributed by atoms with E-state index in [1.54, 1.807) is 0 Å². The Hall–Kier alpha value is -2.90. The fraction of sp³-hybridized carbons (Fsp3) is 0.231. The van der Waals surface area contributed by atoms with Gasteiger partial charge in [0.15, 0.2) is 0 Å². The quantitative estimate of drug-likeness (QED) is 0.646. The van der Waals surface area contributed by atoms with E-state index in [0.717, 1.165) is 23.9 Å². The average Bonchev–Trinajstić information content (AvgIpc) is 2.92.